The summed E-state index contributed by atoms with van der Waals surface area (Å²) in [5.74, 6) is -0.395. The Morgan fingerprint density at radius 2 is 2.25 bits per heavy atom. The molecule has 0 amide bonds. The molecule has 1 aromatic carbocycles. The molecule has 0 aliphatic carbocycles. The second-order valence-electron chi connectivity index (χ2n) is 4.07. The molecule has 1 aromatic rings. The summed E-state index contributed by atoms with van der Waals surface area (Å²) in [6.45, 7) is 1.76. The number of likely N-dealkylation sites (N-methyl/N-ethyl adjacent to an activating group) is 1. The average molecular weight is 219 g/mol. The van der Waals surface area contributed by atoms with Gasteiger partial charge in [-0.1, -0.05) is 18.2 Å². The van der Waals surface area contributed by atoms with Gasteiger partial charge < -0.3 is 4.90 Å². The van der Waals surface area contributed by atoms with Gasteiger partial charge in [-0.3, -0.25) is 4.79 Å². The zero-order valence-electron chi connectivity index (χ0n) is 9.24. The lowest BCUT2D eigenvalue weighted by atomic mass is 9.97. The van der Waals surface area contributed by atoms with Crippen LogP contribution < -0.4 is 0 Å². The molecule has 2 rings (SSSR count). The zero-order valence-corrected chi connectivity index (χ0v) is 9.24. The van der Waals surface area contributed by atoms with Crippen LogP contribution in [0.3, 0.4) is 0 Å². The number of hydrogen-bond donors (Lipinski definition) is 0. The Labute approximate surface area is 94.4 Å². The van der Waals surface area contributed by atoms with Crippen molar-refractivity contribution in [2.24, 2.45) is 0 Å². The van der Waals surface area contributed by atoms with Gasteiger partial charge in [-0.2, -0.15) is 0 Å². The van der Waals surface area contributed by atoms with Gasteiger partial charge in [0.25, 0.3) is 0 Å². The quantitative estimate of drug-likeness (QED) is 0.712. The molecule has 0 aromatic heterocycles. The number of halogens is 1. The normalized spacial score (nSPS) is 17.0. The van der Waals surface area contributed by atoms with Crippen molar-refractivity contribution >= 4 is 11.9 Å². The van der Waals surface area contributed by atoms with Crippen molar-refractivity contribution in [2.45, 2.75) is 6.42 Å². The fourth-order valence-electron chi connectivity index (χ4n) is 1.90. The van der Waals surface area contributed by atoms with E-state index in [9.17, 15) is 9.18 Å². The lowest BCUT2D eigenvalue weighted by molar-refractivity contribution is 0.112. The Kier molecular flexibility index (Phi) is 3.15. The van der Waals surface area contributed by atoms with E-state index in [0.29, 0.717) is 11.8 Å². The predicted octanol–water partition coefficient (Wildman–Crippen LogP) is 2.36. The molecule has 0 saturated heterocycles. The van der Waals surface area contributed by atoms with E-state index in [2.05, 4.69) is 4.90 Å². The van der Waals surface area contributed by atoms with Crippen LogP contribution in [0.5, 0.6) is 0 Å². The largest absolute Gasteiger partial charge is 0.302 e. The second-order valence-corrected chi connectivity index (χ2v) is 4.07. The van der Waals surface area contributed by atoms with E-state index in [1.54, 1.807) is 12.1 Å². The Bertz CT molecular complexity index is 440. The third-order valence-corrected chi connectivity index (χ3v) is 2.91. The minimum absolute atomic E-state index is 0.136. The predicted molar refractivity (Wildman–Crippen MR) is 61.9 cm³/mol. The first-order valence-corrected chi connectivity index (χ1v) is 5.34. The van der Waals surface area contributed by atoms with Crippen molar-refractivity contribution in [2.75, 3.05) is 20.1 Å². The lowest BCUT2D eigenvalue weighted by Crippen LogP contribution is -2.23. The van der Waals surface area contributed by atoms with E-state index in [1.807, 2.05) is 13.1 Å². The fraction of sp³-hybridized carbons (Fsp3) is 0.308. The fourth-order valence-corrected chi connectivity index (χ4v) is 1.90. The monoisotopic (exact) mass is 219 g/mol. The molecule has 0 N–H and O–H groups in total. The molecule has 0 fully saturated rings. The van der Waals surface area contributed by atoms with Gasteiger partial charge in [0.15, 0.2) is 6.29 Å². The summed E-state index contributed by atoms with van der Waals surface area (Å²) >= 11 is 0. The van der Waals surface area contributed by atoms with Gasteiger partial charge in [0.1, 0.15) is 5.82 Å². The molecular weight excluding hydrogens is 205 g/mol. The highest BCUT2D eigenvalue weighted by molar-refractivity contribution is 5.79. The smallest absolute Gasteiger partial charge is 0.153 e. The average Bonchev–Trinajstić information content (AvgIpc) is 2.31. The van der Waals surface area contributed by atoms with Crippen molar-refractivity contribution < 1.29 is 9.18 Å². The zero-order chi connectivity index (χ0) is 11.5. The number of carbonyl (C=O) groups is 1. The van der Waals surface area contributed by atoms with E-state index in [1.165, 1.54) is 6.07 Å². The molecule has 1 aliphatic heterocycles. The number of rotatable bonds is 2. The Morgan fingerprint density at radius 3 is 2.88 bits per heavy atom. The molecule has 1 heterocycles. The second kappa shape index (κ2) is 4.58. The molecule has 0 spiro atoms. The molecule has 0 saturated carbocycles. The first-order chi connectivity index (χ1) is 7.72. The number of nitrogens with zero attached hydrogens (tertiary/aromatic N) is 1. The summed E-state index contributed by atoms with van der Waals surface area (Å²) < 4.78 is 13.9. The summed E-state index contributed by atoms with van der Waals surface area (Å²) in [4.78, 5) is 12.8. The van der Waals surface area contributed by atoms with Crippen LogP contribution in [0.1, 0.15) is 22.3 Å². The maximum absolute atomic E-state index is 13.9. The van der Waals surface area contributed by atoms with Gasteiger partial charge in [-0.05, 0) is 25.1 Å². The maximum Gasteiger partial charge on any atom is 0.153 e. The topological polar surface area (TPSA) is 20.3 Å². The molecular formula is C13H14FNO. The first kappa shape index (κ1) is 11.0. The Morgan fingerprint density at radius 1 is 1.44 bits per heavy atom. The minimum Gasteiger partial charge on any atom is -0.302 e. The van der Waals surface area contributed by atoms with Crippen LogP contribution >= 0.6 is 0 Å². The highest BCUT2D eigenvalue weighted by atomic mass is 19.1. The lowest BCUT2D eigenvalue weighted by Gasteiger charge is -2.22. The van der Waals surface area contributed by atoms with Crippen LogP contribution in [0.4, 0.5) is 4.39 Å². The van der Waals surface area contributed by atoms with Crippen molar-refractivity contribution in [3.8, 4) is 0 Å². The first-order valence-electron chi connectivity index (χ1n) is 5.34. The van der Waals surface area contributed by atoms with Gasteiger partial charge in [-0.25, -0.2) is 4.39 Å². The molecule has 1 aliphatic rings. The van der Waals surface area contributed by atoms with Crippen LogP contribution in [0, 0.1) is 5.82 Å². The van der Waals surface area contributed by atoms with Crippen LogP contribution in [-0.2, 0) is 0 Å². The van der Waals surface area contributed by atoms with E-state index >= 15 is 0 Å². The van der Waals surface area contributed by atoms with Crippen LogP contribution in [-0.4, -0.2) is 31.3 Å². The van der Waals surface area contributed by atoms with Gasteiger partial charge >= 0.3 is 0 Å². The maximum atomic E-state index is 13.9. The SMILES string of the molecule is CN1CC=C(c2cccc(C=O)c2F)CC1. The van der Waals surface area contributed by atoms with Crippen LogP contribution in [0.15, 0.2) is 24.3 Å². The summed E-state index contributed by atoms with van der Waals surface area (Å²) in [6.07, 6.45) is 3.42. The summed E-state index contributed by atoms with van der Waals surface area (Å²) in [6, 6.07) is 4.96. The molecule has 0 radical (unpaired) electrons. The van der Waals surface area contributed by atoms with E-state index in [-0.39, 0.29) is 5.56 Å². The Hall–Kier alpha value is -1.48. The molecule has 0 atom stereocenters. The summed E-state index contributed by atoms with van der Waals surface area (Å²) in [5.41, 5.74) is 1.70. The molecule has 0 unspecified atom stereocenters. The molecule has 84 valence electrons. The van der Waals surface area contributed by atoms with Crippen LogP contribution in [0.2, 0.25) is 0 Å². The van der Waals surface area contributed by atoms with Gasteiger partial charge in [-0.15, -0.1) is 0 Å². The van der Waals surface area contributed by atoms with Gasteiger partial charge in [0, 0.05) is 18.7 Å². The van der Waals surface area contributed by atoms with Crippen molar-refractivity contribution in [3.63, 3.8) is 0 Å². The highest BCUT2D eigenvalue weighted by Gasteiger charge is 2.14. The summed E-state index contributed by atoms with van der Waals surface area (Å²) in [7, 11) is 2.03. The van der Waals surface area contributed by atoms with E-state index in [4.69, 9.17) is 0 Å². The van der Waals surface area contributed by atoms with Gasteiger partial charge in [0.2, 0.25) is 0 Å². The number of benzene rings is 1. The van der Waals surface area contributed by atoms with Gasteiger partial charge in [0.05, 0.1) is 5.56 Å². The third-order valence-electron chi connectivity index (χ3n) is 2.91. The molecule has 16 heavy (non-hydrogen) atoms. The molecule has 2 nitrogen and oxygen atoms in total. The molecule has 0 bridgehead atoms. The third kappa shape index (κ3) is 2.04. The van der Waals surface area contributed by atoms with E-state index in [0.717, 1.165) is 25.1 Å². The Balaban J connectivity index is 2.37. The van der Waals surface area contributed by atoms with E-state index < -0.39 is 5.82 Å². The number of aldehydes is 1. The molecule has 3 heteroatoms. The summed E-state index contributed by atoms with van der Waals surface area (Å²) in [5, 5.41) is 0. The number of hydrogen-bond acceptors (Lipinski definition) is 2. The van der Waals surface area contributed by atoms with Crippen molar-refractivity contribution in [1.29, 1.82) is 0 Å². The van der Waals surface area contributed by atoms with Crippen molar-refractivity contribution in [1.82, 2.24) is 4.90 Å². The number of carbonyl (C=O) groups excluding carboxylic acids is 1. The van der Waals surface area contributed by atoms with Crippen molar-refractivity contribution in [3.05, 3.63) is 41.2 Å². The standard InChI is InChI=1S/C13H14FNO/c1-15-7-5-10(6-8-15)12-4-2-3-11(9-16)13(12)14/h2-5,9H,6-8H2,1H3. The minimum atomic E-state index is -0.395. The highest BCUT2D eigenvalue weighted by Crippen LogP contribution is 2.25. The van der Waals surface area contributed by atoms with Crippen LogP contribution in [0.25, 0.3) is 5.57 Å².